The van der Waals surface area contributed by atoms with Crippen molar-refractivity contribution in [3.63, 3.8) is 0 Å². The lowest BCUT2D eigenvalue weighted by Crippen LogP contribution is -2.22. The lowest BCUT2D eigenvalue weighted by molar-refractivity contribution is -0.159. The van der Waals surface area contributed by atoms with Crippen LogP contribution in [0.3, 0.4) is 0 Å². The Labute approximate surface area is 63.8 Å². The molecule has 0 aromatic carbocycles. The minimum absolute atomic E-state index is 0.292. The van der Waals surface area contributed by atoms with Gasteiger partial charge >= 0.3 is 11.9 Å². The van der Waals surface area contributed by atoms with E-state index < -0.39 is 18.0 Å². The molecule has 1 heterocycles. The van der Waals surface area contributed by atoms with Crippen LogP contribution in [-0.2, 0) is 19.1 Å². The van der Waals surface area contributed by atoms with Gasteiger partial charge in [-0.1, -0.05) is 0 Å². The standard InChI is InChI=1S/C7H8O4/c1-2-10-7(9)5-3-4-6(8)11-5/h3-5H,2H2,1H3/t5-/m0/s1. The van der Waals surface area contributed by atoms with Crippen LogP contribution >= 0.6 is 0 Å². The fraction of sp³-hybridized carbons (Fsp3) is 0.429. The largest absolute Gasteiger partial charge is 0.463 e. The van der Waals surface area contributed by atoms with Gasteiger partial charge in [0.25, 0.3) is 0 Å². The van der Waals surface area contributed by atoms with Gasteiger partial charge in [-0.25, -0.2) is 9.59 Å². The molecule has 0 aromatic rings. The van der Waals surface area contributed by atoms with E-state index in [-0.39, 0.29) is 0 Å². The van der Waals surface area contributed by atoms with E-state index >= 15 is 0 Å². The smallest absolute Gasteiger partial charge is 0.351 e. The predicted octanol–water partition coefficient (Wildman–Crippen LogP) is 0.0311. The first-order valence-corrected chi connectivity index (χ1v) is 3.29. The molecule has 0 N–H and O–H groups in total. The number of esters is 2. The molecule has 0 saturated carbocycles. The molecule has 0 amide bonds. The highest BCUT2D eigenvalue weighted by molar-refractivity contribution is 5.91. The van der Waals surface area contributed by atoms with E-state index in [0.717, 1.165) is 0 Å². The Hall–Kier alpha value is -1.32. The van der Waals surface area contributed by atoms with Crippen LogP contribution in [0.2, 0.25) is 0 Å². The number of rotatable bonds is 2. The zero-order valence-corrected chi connectivity index (χ0v) is 6.07. The third-order valence-corrected chi connectivity index (χ3v) is 1.17. The van der Waals surface area contributed by atoms with E-state index in [4.69, 9.17) is 0 Å². The molecule has 0 spiro atoms. The van der Waals surface area contributed by atoms with E-state index in [1.165, 1.54) is 12.2 Å². The summed E-state index contributed by atoms with van der Waals surface area (Å²) in [6.07, 6.45) is 1.75. The summed E-state index contributed by atoms with van der Waals surface area (Å²) < 4.78 is 9.16. The van der Waals surface area contributed by atoms with Crippen molar-refractivity contribution in [2.75, 3.05) is 6.61 Å². The first kappa shape index (κ1) is 7.78. The van der Waals surface area contributed by atoms with Crippen LogP contribution < -0.4 is 0 Å². The Morgan fingerprint density at radius 2 is 2.55 bits per heavy atom. The van der Waals surface area contributed by atoms with Gasteiger partial charge in [-0.2, -0.15) is 0 Å². The first-order chi connectivity index (χ1) is 5.24. The molecular formula is C7H8O4. The monoisotopic (exact) mass is 156 g/mol. The highest BCUT2D eigenvalue weighted by Gasteiger charge is 2.24. The first-order valence-electron chi connectivity index (χ1n) is 3.29. The van der Waals surface area contributed by atoms with Crippen molar-refractivity contribution in [1.82, 2.24) is 0 Å². The van der Waals surface area contributed by atoms with Gasteiger partial charge in [-0.15, -0.1) is 0 Å². The number of cyclic esters (lactones) is 1. The molecule has 60 valence electrons. The Balaban J connectivity index is 2.44. The molecule has 4 heteroatoms. The molecule has 0 saturated heterocycles. The minimum atomic E-state index is -0.831. The second-order valence-electron chi connectivity index (χ2n) is 1.97. The summed E-state index contributed by atoms with van der Waals surface area (Å²) in [5.74, 6) is -1.02. The Morgan fingerprint density at radius 3 is 3.00 bits per heavy atom. The van der Waals surface area contributed by atoms with Crippen LogP contribution in [0.15, 0.2) is 12.2 Å². The molecule has 1 atom stereocenters. The van der Waals surface area contributed by atoms with Gasteiger partial charge < -0.3 is 9.47 Å². The van der Waals surface area contributed by atoms with Crippen molar-refractivity contribution in [1.29, 1.82) is 0 Å². The SMILES string of the molecule is CCOC(=O)[C@@H]1C=CC(=O)O1. The van der Waals surface area contributed by atoms with Gasteiger partial charge in [0.15, 0.2) is 0 Å². The van der Waals surface area contributed by atoms with Crippen LogP contribution in [0, 0.1) is 0 Å². The topological polar surface area (TPSA) is 52.6 Å². The molecule has 1 rings (SSSR count). The second-order valence-corrected chi connectivity index (χ2v) is 1.97. The van der Waals surface area contributed by atoms with Gasteiger partial charge in [0.2, 0.25) is 6.10 Å². The normalized spacial score (nSPS) is 21.5. The van der Waals surface area contributed by atoms with Crippen molar-refractivity contribution in [2.45, 2.75) is 13.0 Å². The molecule has 1 aliphatic heterocycles. The summed E-state index contributed by atoms with van der Waals surface area (Å²) in [5, 5.41) is 0. The van der Waals surface area contributed by atoms with Crippen LogP contribution in [-0.4, -0.2) is 24.6 Å². The summed E-state index contributed by atoms with van der Waals surface area (Å²) in [6.45, 7) is 1.99. The maximum absolute atomic E-state index is 10.8. The van der Waals surface area contributed by atoms with Crippen LogP contribution in [0.4, 0.5) is 0 Å². The van der Waals surface area contributed by atoms with Gasteiger partial charge in [0.05, 0.1) is 6.61 Å². The van der Waals surface area contributed by atoms with E-state index in [0.29, 0.717) is 6.61 Å². The predicted molar refractivity (Wildman–Crippen MR) is 35.7 cm³/mol. The highest BCUT2D eigenvalue weighted by atomic mass is 16.6. The Kier molecular flexibility index (Phi) is 2.25. The molecule has 0 aliphatic carbocycles. The van der Waals surface area contributed by atoms with Crippen molar-refractivity contribution >= 4 is 11.9 Å². The maximum atomic E-state index is 10.8. The highest BCUT2D eigenvalue weighted by Crippen LogP contribution is 2.06. The molecule has 0 radical (unpaired) electrons. The fourth-order valence-electron chi connectivity index (χ4n) is 0.721. The lowest BCUT2D eigenvalue weighted by Gasteiger charge is -2.05. The quantitative estimate of drug-likeness (QED) is 0.529. The molecule has 0 fully saturated rings. The zero-order valence-electron chi connectivity index (χ0n) is 6.07. The average Bonchev–Trinajstić information content (AvgIpc) is 2.36. The van der Waals surface area contributed by atoms with Crippen molar-refractivity contribution in [2.24, 2.45) is 0 Å². The van der Waals surface area contributed by atoms with Crippen molar-refractivity contribution in [3.8, 4) is 0 Å². The van der Waals surface area contributed by atoms with Gasteiger partial charge in [-0.3, -0.25) is 0 Å². The number of carbonyl (C=O) groups excluding carboxylic acids is 2. The zero-order chi connectivity index (χ0) is 8.27. The van der Waals surface area contributed by atoms with Crippen LogP contribution in [0.1, 0.15) is 6.92 Å². The van der Waals surface area contributed by atoms with Gasteiger partial charge in [0.1, 0.15) is 0 Å². The Bertz CT molecular complexity index is 206. The van der Waals surface area contributed by atoms with E-state index in [2.05, 4.69) is 9.47 Å². The van der Waals surface area contributed by atoms with Crippen molar-refractivity contribution < 1.29 is 19.1 Å². The fourth-order valence-corrected chi connectivity index (χ4v) is 0.721. The molecule has 0 aromatic heterocycles. The number of ether oxygens (including phenoxy) is 2. The molecule has 1 aliphatic rings. The summed E-state index contributed by atoms with van der Waals surface area (Å²) in [7, 11) is 0. The van der Waals surface area contributed by atoms with E-state index in [1.54, 1.807) is 6.92 Å². The third kappa shape index (κ3) is 1.80. The van der Waals surface area contributed by atoms with Gasteiger partial charge in [0, 0.05) is 6.08 Å². The summed E-state index contributed by atoms with van der Waals surface area (Å²) in [4.78, 5) is 21.3. The number of carbonyl (C=O) groups is 2. The minimum Gasteiger partial charge on any atom is -0.463 e. The Morgan fingerprint density at radius 1 is 1.82 bits per heavy atom. The number of hydrogen-bond acceptors (Lipinski definition) is 4. The lowest BCUT2D eigenvalue weighted by atomic mass is 10.3. The molecule has 4 nitrogen and oxygen atoms in total. The van der Waals surface area contributed by atoms with Gasteiger partial charge in [-0.05, 0) is 13.0 Å². The molecule has 11 heavy (non-hydrogen) atoms. The summed E-state index contributed by atoms with van der Waals surface area (Å²) >= 11 is 0. The van der Waals surface area contributed by atoms with E-state index in [1.807, 2.05) is 0 Å². The second kappa shape index (κ2) is 3.18. The average molecular weight is 156 g/mol. The molecule has 0 bridgehead atoms. The summed E-state index contributed by atoms with van der Waals surface area (Å²) in [6, 6.07) is 0. The van der Waals surface area contributed by atoms with Crippen LogP contribution in [0.5, 0.6) is 0 Å². The molecular weight excluding hydrogens is 148 g/mol. The summed E-state index contributed by atoms with van der Waals surface area (Å²) in [5.41, 5.74) is 0. The van der Waals surface area contributed by atoms with Crippen molar-refractivity contribution in [3.05, 3.63) is 12.2 Å². The van der Waals surface area contributed by atoms with Crippen LogP contribution in [0.25, 0.3) is 0 Å². The third-order valence-electron chi connectivity index (χ3n) is 1.17. The molecule has 0 unspecified atom stereocenters. The maximum Gasteiger partial charge on any atom is 0.351 e. The number of hydrogen-bond donors (Lipinski definition) is 0. The van der Waals surface area contributed by atoms with E-state index in [9.17, 15) is 9.59 Å².